The van der Waals surface area contributed by atoms with Crippen LogP contribution in [0.1, 0.15) is 22.2 Å². The molecule has 1 atom stereocenters. The summed E-state index contributed by atoms with van der Waals surface area (Å²) in [5.41, 5.74) is 0.636. The van der Waals surface area contributed by atoms with Crippen LogP contribution in [-0.4, -0.2) is 35.9 Å². The molecule has 21 heavy (non-hydrogen) atoms. The molecule has 2 heterocycles. The van der Waals surface area contributed by atoms with Gasteiger partial charge in [0.15, 0.2) is 11.5 Å². The lowest BCUT2D eigenvalue weighted by Gasteiger charge is -2.20. The van der Waals surface area contributed by atoms with E-state index in [4.69, 9.17) is 14.0 Å². The van der Waals surface area contributed by atoms with Gasteiger partial charge in [-0.2, -0.15) is 0 Å². The summed E-state index contributed by atoms with van der Waals surface area (Å²) in [4.78, 5) is 11.7. The maximum absolute atomic E-state index is 11.7. The highest BCUT2D eigenvalue weighted by Gasteiger charge is 2.17. The summed E-state index contributed by atoms with van der Waals surface area (Å²) in [5, 5.41) is 16.1. The average molecular weight is 290 g/mol. The van der Waals surface area contributed by atoms with Crippen LogP contribution in [0.25, 0.3) is 0 Å². The number of aromatic nitrogens is 1. The highest BCUT2D eigenvalue weighted by Crippen LogP contribution is 2.32. The van der Waals surface area contributed by atoms with Crippen molar-refractivity contribution in [1.82, 2.24) is 10.5 Å². The number of benzene rings is 1. The molecule has 1 aromatic heterocycles. The van der Waals surface area contributed by atoms with E-state index in [1.165, 1.54) is 12.3 Å². The predicted octanol–water partition coefficient (Wildman–Crippen LogP) is 0.909. The second-order valence-electron chi connectivity index (χ2n) is 4.51. The smallest absolute Gasteiger partial charge is 0.289 e. The van der Waals surface area contributed by atoms with E-state index in [0.717, 1.165) is 0 Å². The zero-order valence-electron chi connectivity index (χ0n) is 11.1. The molecule has 2 N–H and O–H groups in total. The summed E-state index contributed by atoms with van der Waals surface area (Å²) < 4.78 is 15.6. The minimum atomic E-state index is -0.854. The van der Waals surface area contributed by atoms with Crippen LogP contribution in [-0.2, 0) is 0 Å². The monoisotopic (exact) mass is 290 g/mol. The van der Waals surface area contributed by atoms with Crippen LogP contribution >= 0.6 is 0 Å². The van der Waals surface area contributed by atoms with Gasteiger partial charge in [-0.05, 0) is 17.7 Å². The number of hydrogen-bond acceptors (Lipinski definition) is 6. The van der Waals surface area contributed by atoms with Gasteiger partial charge < -0.3 is 24.4 Å². The average Bonchev–Trinajstić information content (AvgIpc) is 3.06. The van der Waals surface area contributed by atoms with Gasteiger partial charge in [0.2, 0.25) is 5.76 Å². The lowest BCUT2D eigenvalue weighted by Crippen LogP contribution is -2.28. The van der Waals surface area contributed by atoms with Crippen molar-refractivity contribution in [2.75, 3.05) is 19.8 Å². The first kappa shape index (κ1) is 13.4. The molecule has 1 amide bonds. The van der Waals surface area contributed by atoms with Crippen molar-refractivity contribution in [3.8, 4) is 11.5 Å². The molecule has 1 aliphatic heterocycles. The molecule has 0 radical (unpaired) electrons. The maximum Gasteiger partial charge on any atom is 0.289 e. The van der Waals surface area contributed by atoms with Gasteiger partial charge in [-0.15, -0.1) is 0 Å². The minimum Gasteiger partial charge on any atom is -0.486 e. The fraction of sp³-hybridized carbons (Fsp3) is 0.286. The van der Waals surface area contributed by atoms with E-state index < -0.39 is 12.0 Å². The van der Waals surface area contributed by atoms with Gasteiger partial charge in [-0.3, -0.25) is 4.79 Å². The van der Waals surface area contributed by atoms with Crippen molar-refractivity contribution in [1.29, 1.82) is 0 Å². The lowest BCUT2D eigenvalue weighted by atomic mass is 10.1. The number of carbonyl (C=O) groups is 1. The Bertz CT molecular complexity index is 626. The fourth-order valence-corrected chi connectivity index (χ4v) is 1.99. The van der Waals surface area contributed by atoms with E-state index in [2.05, 4.69) is 10.5 Å². The Hall–Kier alpha value is -2.54. The lowest BCUT2D eigenvalue weighted by molar-refractivity contribution is 0.0879. The Morgan fingerprint density at radius 3 is 2.86 bits per heavy atom. The number of carbonyl (C=O) groups excluding carboxylic acids is 1. The van der Waals surface area contributed by atoms with Crippen LogP contribution in [0.2, 0.25) is 0 Å². The Balaban J connectivity index is 1.62. The van der Waals surface area contributed by atoms with Crippen molar-refractivity contribution in [2.24, 2.45) is 0 Å². The molecule has 3 rings (SSSR count). The van der Waals surface area contributed by atoms with Gasteiger partial charge in [0.25, 0.3) is 5.91 Å². The van der Waals surface area contributed by atoms with Crippen LogP contribution in [0.3, 0.4) is 0 Å². The number of aliphatic hydroxyl groups is 1. The first-order valence-corrected chi connectivity index (χ1v) is 6.50. The number of hydrogen-bond donors (Lipinski definition) is 2. The summed E-state index contributed by atoms with van der Waals surface area (Å²) in [6.45, 7) is 1.05. The number of amides is 1. The maximum atomic E-state index is 11.7. The van der Waals surface area contributed by atoms with Crippen molar-refractivity contribution in [2.45, 2.75) is 6.10 Å². The molecule has 110 valence electrons. The highest BCUT2D eigenvalue weighted by molar-refractivity contribution is 5.91. The van der Waals surface area contributed by atoms with Crippen molar-refractivity contribution >= 4 is 5.91 Å². The van der Waals surface area contributed by atoms with E-state index in [1.54, 1.807) is 18.2 Å². The number of nitrogens with one attached hydrogen (secondary N) is 1. The van der Waals surface area contributed by atoms with Gasteiger partial charge in [-0.1, -0.05) is 11.2 Å². The highest BCUT2D eigenvalue weighted by atomic mass is 16.6. The second-order valence-corrected chi connectivity index (χ2v) is 4.51. The summed E-state index contributed by atoms with van der Waals surface area (Å²) in [7, 11) is 0. The van der Waals surface area contributed by atoms with E-state index in [9.17, 15) is 9.90 Å². The van der Waals surface area contributed by atoms with E-state index in [1.807, 2.05) is 0 Å². The molecule has 7 nitrogen and oxygen atoms in total. The predicted molar refractivity (Wildman–Crippen MR) is 71.2 cm³/mol. The Labute approximate surface area is 120 Å². The van der Waals surface area contributed by atoms with E-state index in [-0.39, 0.29) is 12.3 Å². The molecule has 0 saturated carbocycles. The van der Waals surface area contributed by atoms with Crippen LogP contribution in [0.5, 0.6) is 11.5 Å². The van der Waals surface area contributed by atoms with Gasteiger partial charge in [0.05, 0.1) is 12.3 Å². The zero-order chi connectivity index (χ0) is 14.7. The van der Waals surface area contributed by atoms with Crippen LogP contribution < -0.4 is 14.8 Å². The topological polar surface area (TPSA) is 93.8 Å². The Morgan fingerprint density at radius 2 is 2.10 bits per heavy atom. The molecule has 0 saturated heterocycles. The molecule has 2 aromatic rings. The summed E-state index contributed by atoms with van der Waals surface area (Å²) >= 11 is 0. The second kappa shape index (κ2) is 5.84. The minimum absolute atomic E-state index is 0.0547. The molecule has 0 spiro atoms. The molecule has 0 fully saturated rings. The van der Waals surface area contributed by atoms with Crippen LogP contribution in [0.4, 0.5) is 0 Å². The van der Waals surface area contributed by atoms with Gasteiger partial charge in [0.1, 0.15) is 13.2 Å². The molecule has 0 aliphatic carbocycles. The van der Waals surface area contributed by atoms with E-state index in [0.29, 0.717) is 30.3 Å². The van der Waals surface area contributed by atoms with Gasteiger partial charge in [-0.25, -0.2) is 0 Å². The Morgan fingerprint density at radius 1 is 1.29 bits per heavy atom. The third kappa shape index (κ3) is 2.97. The number of nitrogens with zero attached hydrogens (tertiary/aromatic N) is 1. The Kier molecular flexibility index (Phi) is 3.74. The molecule has 1 aromatic carbocycles. The quantitative estimate of drug-likeness (QED) is 0.869. The van der Waals surface area contributed by atoms with Gasteiger partial charge in [0, 0.05) is 12.6 Å². The third-order valence-corrected chi connectivity index (χ3v) is 3.07. The number of fused-ring (bicyclic) bond motifs is 1. The van der Waals surface area contributed by atoms with Gasteiger partial charge >= 0.3 is 0 Å². The first-order chi connectivity index (χ1) is 10.2. The van der Waals surface area contributed by atoms with E-state index >= 15 is 0 Å². The summed E-state index contributed by atoms with van der Waals surface area (Å²) in [5.74, 6) is 0.927. The first-order valence-electron chi connectivity index (χ1n) is 6.50. The summed E-state index contributed by atoms with van der Waals surface area (Å²) in [6, 6.07) is 6.63. The third-order valence-electron chi connectivity index (χ3n) is 3.07. The molecular formula is C14H14N2O5. The SMILES string of the molecule is O=C(NC[C@H](O)c1ccc2c(c1)OCCO2)c1ccno1. The normalized spacial score (nSPS) is 14.5. The molecule has 0 bridgehead atoms. The molecule has 0 unspecified atom stereocenters. The largest absolute Gasteiger partial charge is 0.486 e. The summed E-state index contributed by atoms with van der Waals surface area (Å²) in [6.07, 6.45) is 0.527. The fourth-order valence-electron chi connectivity index (χ4n) is 1.99. The number of rotatable bonds is 4. The number of aliphatic hydroxyl groups excluding tert-OH is 1. The number of ether oxygens (including phenoxy) is 2. The van der Waals surface area contributed by atoms with Crippen molar-refractivity contribution in [3.05, 3.63) is 41.8 Å². The zero-order valence-corrected chi connectivity index (χ0v) is 11.1. The molecule has 1 aliphatic rings. The molecule has 7 heteroatoms. The van der Waals surface area contributed by atoms with Crippen molar-refractivity contribution < 1.29 is 23.9 Å². The molecular weight excluding hydrogens is 276 g/mol. The van der Waals surface area contributed by atoms with Crippen LogP contribution in [0.15, 0.2) is 35.0 Å². The van der Waals surface area contributed by atoms with Crippen LogP contribution in [0, 0.1) is 0 Å². The van der Waals surface area contributed by atoms with Crippen molar-refractivity contribution in [3.63, 3.8) is 0 Å². The standard InChI is InChI=1S/C14H14N2O5/c17-10(8-15-14(18)12-3-4-16-21-12)9-1-2-11-13(7-9)20-6-5-19-11/h1-4,7,10,17H,5-6,8H2,(H,15,18)/t10-/m0/s1.